The van der Waals surface area contributed by atoms with Gasteiger partial charge in [-0.15, -0.1) is 0 Å². The van der Waals surface area contributed by atoms with Crippen molar-refractivity contribution in [1.82, 2.24) is 4.98 Å². The van der Waals surface area contributed by atoms with Crippen LogP contribution in [-0.4, -0.2) is 4.98 Å². The molecule has 0 saturated carbocycles. The lowest BCUT2D eigenvalue weighted by Crippen LogP contribution is -1.81. The van der Waals surface area contributed by atoms with Gasteiger partial charge in [-0.2, -0.15) is 0 Å². The van der Waals surface area contributed by atoms with Crippen molar-refractivity contribution in [2.24, 2.45) is 0 Å². The molecule has 0 aliphatic rings. The fourth-order valence-corrected chi connectivity index (χ4v) is 4.80. The van der Waals surface area contributed by atoms with Gasteiger partial charge in [-0.25, -0.2) is 0 Å². The van der Waals surface area contributed by atoms with E-state index in [0.717, 1.165) is 44.1 Å². The molecule has 2 aromatic heterocycles. The van der Waals surface area contributed by atoms with Crippen LogP contribution in [0.3, 0.4) is 0 Å². The lowest BCUT2D eigenvalue weighted by molar-refractivity contribution is 0.670. The minimum absolute atomic E-state index is 0.926. The van der Waals surface area contributed by atoms with E-state index < -0.39 is 0 Å². The zero-order valence-corrected chi connectivity index (χ0v) is 16.1. The number of furan rings is 1. The molecular formula is C28H17NO. The second-order valence-corrected chi connectivity index (χ2v) is 7.88. The third-order valence-electron chi connectivity index (χ3n) is 6.19. The van der Waals surface area contributed by atoms with E-state index in [1.807, 2.05) is 12.1 Å². The van der Waals surface area contributed by atoms with Crippen LogP contribution in [0.4, 0.5) is 0 Å². The van der Waals surface area contributed by atoms with E-state index in [2.05, 4.69) is 89.9 Å². The number of hydrogen-bond donors (Lipinski definition) is 1. The van der Waals surface area contributed by atoms with Crippen molar-refractivity contribution in [3.8, 4) is 11.1 Å². The van der Waals surface area contributed by atoms with Gasteiger partial charge in [0.05, 0.1) is 5.52 Å². The highest BCUT2D eigenvalue weighted by molar-refractivity contribution is 6.17. The summed E-state index contributed by atoms with van der Waals surface area (Å²) in [5.74, 6) is 0. The van der Waals surface area contributed by atoms with Crippen LogP contribution in [0, 0.1) is 0 Å². The second kappa shape index (κ2) is 5.74. The molecule has 1 N–H and O–H groups in total. The Kier molecular flexibility index (Phi) is 3.03. The molecule has 0 aliphatic carbocycles. The summed E-state index contributed by atoms with van der Waals surface area (Å²) in [5, 5.41) is 7.31. The lowest BCUT2D eigenvalue weighted by atomic mass is 9.99. The van der Waals surface area contributed by atoms with Crippen LogP contribution in [0.1, 0.15) is 0 Å². The summed E-state index contributed by atoms with van der Waals surface area (Å²) in [6.07, 6.45) is 0. The van der Waals surface area contributed by atoms with Crippen LogP contribution in [0.2, 0.25) is 0 Å². The molecule has 7 aromatic rings. The second-order valence-electron chi connectivity index (χ2n) is 7.88. The number of rotatable bonds is 1. The molecular weight excluding hydrogens is 366 g/mol. The first-order valence-electron chi connectivity index (χ1n) is 10.2. The molecule has 0 aliphatic heterocycles. The number of benzene rings is 5. The van der Waals surface area contributed by atoms with Crippen molar-refractivity contribution in [2.45, 2.75) is 0 Å². The first kappa shape index (κ1) is 15.8. The summed E-state index contributed by atoms with van der Waals surface area (Å²) in [6, 6.07) is 34.2. The largest absolute Gasteiger partial charge is 0.455 e. The maximum absolute atomic E-state index is 6.31. The first-order chi connectivity index (χ1) is 14.9. The highest BCUT2D eigenvalue weighted by atomic mass is 16.3. The van der Waals surface area contributed by atoms with E-state index in [0.29, 0.717) is 0 Å². The molecule has 0 amide bonds. The molecule has 2 nitrogen and oxygen atoms in total. The number of aromatic nitrogens is 1. The fourth-order valence-electron chi connectivity index (χ4n) is 4.80. The number of aromatic amines is 1. The smallest absolute Gasteiger partial charge is 0.143 e. The standard InChI is InChI=1S/C28H17NO/c1-2-8-18-16-25-24(15-17(18)7-1)21-11-5-10-20(27(21)29-25)23-13-6-12-22-19-9-3-4-14-26(19)30-28(22)23/h1-16,29H. The summed E-state index contributed by atoms with van der Waals surface area (Å²) in [6.45, 7) is 0. The van der Waals surface area contributed by atoms with Crippen molar-refractivity contribution < 1.29 is 4.42 Å². The summed E-state index contributed by atoms with van der Waals surface area (Å²) < 4.78 is 6.31. The van der Waals surface area contributed by atoms with Crippen LogP contribution in [-0.2, 0) is 0 Å². The Bertz CT molecular complexity index is 1750. The quantitative estimate of drug-likeness (QED) is 0.305. The number of para-hydroxylation sites is 3. The van der Waals surface area contributed by atoms with Gasteiger partial charge in [0.2, 0.25) is 0 Å². The molecule has 2 heterocycles. The average molecular weight is 383 g/mol. The van der Waals surface area contributed by atoms with E-state index in [-0.39, 0.29) is 0 Å². The number of hydrogen-bond acceptors (Lipinski definition) is 1. The molecule has 5 aromatic carbocycles. The Morgan fingerprint density at radius 1 is 0.533 bits per heavy atom. The van der Waals surface area contributed by atoms with Crippen molar-refractivity contribution in [2.75, 3.05) is 0 Å². The third-order valence-corrected chi connectivity index (χ3v) is 6.19. The molecule has 0 radical (unpaired) electrons. The minimum Gasteiger partial charge on any atom is -0.455 e. The van der Waals surface area contributed by atoms with Crippen LogP contribution >= 0.6 is 0 Å². The van der Waals surface area contributed by atoms with Crippen LogP contribution in [0.25, 0.3) is 65.6 Å². The lowest BCUT2D eigenvalue weighted by Gasteiger charge is -2.05. The molecule has 0 saturated heterocycles. The van der Waals surface area contributed by atoms with Crippen LogP contribution < -0.4 is 0 Å². The average Bonchev–Trinajstić information content (AvgIpc) is 3.35. The molecule has 30 heavy (non-hydrogen) atoms. The minimum atomic E-state index is 0.926. The summed E-state index contributed by atoms with van der Waals surface area (Å²) in [5.41, 5.74) is 6.46. The van der Waals surface area contributed by atoms with E-state index >= 15 is 0 Å². The predicted octanol–water partition coefficient (Wildman–Crippen LogP) is 8.04. The molecule has 0 fully saturated rings. The van der Waals surface area contributed by atoms with Gasteiger partial charge >= 0.3 is 0 Å². The van der Waals surface area contributed by atoms with Crippen molar-refractivity contribution in [3.63, 3.8) is 0 Å². The van der Waals surface area contributed by atoms with E-state index in [9.17, 15) is 0 Å². The molecule has 2 heteroatoms. The van der Waals surface area contributed by atoms with Gasteiger partial charge in [-0.05, 0) is 29.0 Å². The fraction of sp³-hybridized carbons (Fsp3) is 0. The predicted molar refractivity (Wildman–Crippen MR) is 126 cm³/mol. The number of H-pyrrole nitrogens is 1. The van der Waals surface area contributed by atoms with Crippen molar-refractivity contribution in [3.05, 3.63) is 97.1 Å². The van der Waals surface area contributed by atoms with Gasteiger partial charge in [0, 0.05) is 38.2 Å². The maximum Gasteiger partial charge on any atom is 0.143 e. The van der Waals surface area contributed by atoms with Crippen molar-refractivity contribution in [1.29, 1.82) is 0 Å². The Morgan fingerprint density at radius 2 is 1.23 bits per heavy atom. The van der Waals surface area contributed by atoms with Gasteiger partial charge in [0.1, 0.15) is 11.2 Å². The zero-order valence-electron chi connectivity index (χ0n) is 16.1. The Labute approximate surface area is 172 Å². The summed E-state index contributed by atoms with van der Waals surface area (Å²) >= 11 is 0. The molecule has 0 bridgehead atoms. The molecule has 0 spiro atoms. The Balaban J connectivity index is 1.59. The van der Waals surface area contributed by atoms with Crippen LogP contribution in [0.5, 0.6) is 0 Å². The highest BCUT2D eigenvalue weighted by Gasteiger charge is 2.15. The van der Waals surface area contributed by atoms with Gasteiger partial charge in [0.15, 0.2) is 0 Å². The molecule has 140 valence electrons. The number of nitrogens with one attached hydrogen (secondary N) is 1. The third kappa shape index (κ3) is 2.08. The molecule has 7 rings (SSSR count). The van der Waals surface area contributed by atoms with Crippen molar-refractivity contribution >= 4 is 54.5 Å². The Morgan fingerprint density at radius 3 is 2.13 bits per heavy atom. The van der Waals surface area contributed by atoms with Crippen LogP contribution in [0.15, 0.2) is 101 Å². The normalized spacial score (nSPS) is 12.0. The van der Waals surface area contributed by atoms with Gasteiger partial charge < -0.3 is 9.40 Å². The topological polar surface area (TPSA) is 28.9 Å². The molecule has 0 unspecified atom stereocenters. The van der Waals surface area contributed by atoms with Gasteiger partial charge in [-0.1, -0.05) is 78.9 Å². The highest BCUT2D eigenvalue weighted by Crippen LogP contribution is 2.40. The first-order valence-corrected chi connectivity index (χ1v) is 10.2. The number of fused-ring (bicyclic) bond motifs is 7. The van der Waals surface area contributed by atoms with Gasteiger partial charge in [-0.3, -0.25) is 0 Å². The maximum atomic E-state index is 6.31. The van der Waals surface area contributed by atoms with E-state index in [1.54, 1.807) is 0 Å². The van der Waals surface area contributed by atoms with E-state index in [1.165, 1.54) is 21.5 Å². The Hall–Kier alpha value is -4.04. The SMILES string of the molecule is c1ccc2cc3c(cc2c1)[nH]c1c(-c2cccc4c2oc2ccccc24)cccc13. The molecule has 0 atom stereocenters. The van der Waals surface area contributed by atoms with Gasteiger partial charge in [0.25, 0.3) is 0 Å². The monoisotopic (exact) mass is 383 g/mol. The zero-order chi connectivity index (χ0) is 19.7. The summed E-state index contributed by atoms with van der Waals surface area (Å²) in [4.78, 5) is 3.69. The van der Waals surface area contributed by atoms with E-state index in [4.69, 9.17) is 4.42 Å². The summed E-state index contributed by atoms with van der Waals surface area (Å²) in [7, 11) is 0.